The molecule has 0 aliphatic rings. The molecule has 0 saturated heterocycles. The number of hydrogen-bond donors (Lipinski definition) is 2. The van der Waals surface area contributed by atoms with Crippen LogP contribution in [0.1, 0.15) is 31.4 Å². The van der Waals surface area contributed by atoms with E-state index in [2.05, 4.69) is 15.8 Å². The Balaban J connectivity index is 1.81. The van der Waals surface area contributed by atoms with E-state index in [9.17, 15) is 9.59 Å². The van der Waals surface area contributed by atoms with Gasteiger partial charge in [0, 0.05) is 11.1 Å². The third-order valence-electron chi connectivity index (χ3n) is 3.75. The molecule has 0 bridgehead atoms. The molecule has 2 rings (SSSR count). The molecule has 0 fully saturated rings. The van der Waals surface area contributed by atoms with Gasteiger partial charge in [-0.05, 0) is 60.9 Å². The first kappa shape index (κ1) is 20.5. The molecular weight excluding hydrogens is 366 g/mol. The molecule has 0 aromatic heterocycles. The van der Waals surface area contributed by atoms with Crippen LogP contribution >= 0.6 is 11.6 Å². The SMILES string of the molecule is CC[C@@H](C)NC(=O)C(=O)N/N=C\c1ccc(OCc2cccc(Cl)c2)cc1. The monoisotopic (exact) mass is 387 g/mol. The van der Waals surface area contributed by atoms with Gasteiger partial charge in [-0.1, -0.05) is 30.7 Å². The van der Waals surface area contributed by atoms with E-state index in [1.807, 2.05) is 38.1 Å². The summed E-state index contributed by atoms with van der Waals surface area (Å²) in [6.07, 6.45) is 2.20. The number of amides is 2. The van der Waals surface area contributed by atoms with E-state index >= 15 is 0 Å². The molecule has 0 saturated carbocycles. The zero-order valence-corrected chi connectivity index (χ0v) is 16.0. The lowest BCUT2D eigenvalue weighted by Crippen LogP contribution is -2.41. The van der Waals surface area contributed by atoms with Gasteiger partial charge in [-0.2, -0.15) is 5.10 Å². The number of hydrogen-bond acceptors (Lipinski definition) is 4. The van der Waals surface area contributed by atoms with Crippen molar-refractivity contribution in [2.24, 2.45) is 5.10 Å². The highest BCUT2D eigenvalue weighted by molar-refractivity contribution is 6.35. The van der Waals surface area contributed by atoms with E-state index in [0.717, 1.165) is 17.5 Å². The number of carbonyl (C=O) groups is 2. The second-order valence-corrected chi connectivity index (χ2v) is 6.41. The fourth-order valence-corrected chi connectivity index (χ4v) is 2.26. The number of nitrogens with one attached hydrogen (secondary N) is 2. The van der Waals surface area contributed by atoms with E-state index in [1.165, 1.54) is 6.21 Å². The van der Waals surface area contributed by atoms with Crippen LogP contribution in [0.25, 0.3) is 0 Å². The summed E-state index contributed by atoms with van der Waals surface area (Å²) in [7, 11) is 0. The quantitative estimate of drug-likeness (QED) is 0.434. The highest BCUT2D eigenvalue weighted by atomic mass is 35.5. The fourth-order valence-electron chi connectivity index (χ4n) is 2.05. The summed E-state index contributed by atoms with van der Waals surface area (Å²) in [5, 5.41) is 7.02. The van der Waals surface area contributed by atoms with E-state index < -0.39 is 11.8 Å². The van der Waals surface area contributed by atoms with E-state index in [-0.39, 0.29) is 6.04 Å². The lowest BCUT2D eigenvalue weighted by Gasteiger charge is -2.09. The van der Waals surface area contributed by atoms with Gasteiger partial charge in [-0.3, -0.25) is 9.59 Å². The van der Waals surface area contributed by atoms with Gasteiger partial charge in [0.2, 0.25) is 0 Å². The van der Waals surface area contributed by atoms with Crippen LogP contribution in [0.4, 0.5) is 0 Å². The van der Waals surface area contributed by atoms with Crippen LogP contribution in [0, 0.1) is 0 Å². The van der Waals surface area contributed by atoms with Crippen molar-refractivity contribution in [2.75, 3.05) is 0 Å². The van der Waals surface area contributed by atoms with Gasteiger partial charge < -0.3 is 10.1 Å². The van der Waals surface area contributed by atoms with Crippen LogP contribution in [-0.4, -0.2) is 24.1 Å². The maximum atomic E-state index is 11.6. The van der Waals surface area contributed by atoms with Crippen molar-refractivity contribution >= 4 is 29.6 Å². The normalized spacial score (nSPS) is 11.8. The fraction of sp³-hybridized carbons (Fsp3) is 0.250. The molecule has 2 aromatic rings. The van der Waals surface area contributed by atoms with Crippen molar-refractivity contribution in [1.82, 2.24) is 10.7 Å². The van der Waals surface area contributed by atoms with Crippen molar-refractivity contribution < 1.29 is 14.3 Å². The highest BCUT2D eigenvalue weighted by Crippen LogP contribution is 2.15. The van der Waals surface area contributed by atoms with E-state index in [1.54, 1.807) is 24.3 Å². The first-order valence-electron chi connectivity index (χ1n) is 8.59. The molecule has 0 aliphatic carbocycles. The third-order valence-corrected chi connectivity index (χ3v) is 3.99. The molecular formula is C20H22ClN3O3. The topological polar surface area (TPSA) is 79.8 Å². The number of benzene rings is 2. The van der Waals surface area contributed by atoms with Crippen LogP contribution in [0.15, 0.2) is 53.6 Å². The Morgan fingerprint density at radius 1 is 1.19 bits per heavy atom. The minimum absolute atomic E-state index is 0.0633. The molecule has 142 valence electrons. The smallest absolute Gasteiger partial charge is 0.329 e. The number of nitrogens with zero attached hydrogens (tertiary/aromatic N) is 1. The van der Waals surface area contributed by atoms with Gasteiger partial charge >= 0.3 is 11.8 Å². The maximum absolute atomic E-state index is 11.6. The van der Waals surface area contributed by atoms with Crippen molar-refractivity contribution in [3.05, 3.63) is 64.7 Å². The van der Waals surface area contributed by atoms with E-state index in [0.29, 0.717) is 17.4 Å². The molecule has 0 aliphatic heterocycles. The van der Waals surface area contributed by atoms with Crippen LogP contribution in [0.5, 0.6) is 5.75 Å². The Hall–Kier alpha value is -2.86. The van der Waals surface area contributed by atoms with Gasteiger partial charge in [0.15, 0.2) is 0 Å². The molecule has 0 heterocycles. The first-order chi connectivity index (χ1) is 13.0. The molecule has 2 N–H and O–H groups in total. The summed E-state index contributed by atoms with van der Waals surface area (Å²) in [4.78, 5) is 23.2. The number of carbonyl (C=O) groups excluding carboxylic acids is 2. The molecule has 7 heteroatoms. The molecule has 2 amide bonds. The Morgan fingerprint density at radius 2 is 1.93 bits per heavy atom. The Kier molecular flexibility index (Phi) is 7.82. The van der Waals surface area contributed by atoms with Crippen molar-refractivity contribution in [1.29, 1.82) is 0 Å². The Bertz CT molecular complexity index is 806. The van der Waals surface area contributed by atoms with Crippen LogP contribution in [0.2, 0.25) is 5.02 Å². The zero-order valence-electron chi connectivity index (χ0n) is 15.2. The summed E-state index contributed by atoms with van der Waals surface area (Å²) in [5.74, 6) is -0.802. The van der Waals surface area contributed by atoms with Crippen molar-refractivity contribution in [3.63, 3.8) is 0 Å². The van der Waals surface area contributed by atoms with E-state index in [4.69, 9.17) is 16.3 Å². The third kappa shape index (κ3) is 7.11. The summed E-state index contributed by atoms with van der Waals surface area (Å²) in [6.45, 7) is 4.16. The second kappa shape index (κ2) is 10.3. The highest BCUT2D eigenvalue weighted by Gasteiger charge is 2.14. The van der Waals surface area contributed by atoms with Crippen LogP contribution in [0.3, 0.4) is 0 Å². The number of rotatable bonds is 7. The molecule has 6 nitrogen and oxygen atoms in total. The Morgan fingerprint density at radius 3 is 2.59 bits per heavy atom. The molecule has 2 aromatic carbocycles. The average Bonchev–Trinajstić information content (AvgIpc) is 2.67. The molecule has 0 spiro atoms. The number of ether oxygens (including phenoxy) is 1. The number of hydrazone groups is 1. The van der Waals surface area contributed by atoms with Crippen molar-refractivity contribution in [3.8, 4) is 5.75 Å². The van der Waals surface area contributed by atoms with Gasteiger partial charge in [0.1, 0.15) is 12.4 Å². The molecule has 0 unspecified atom stereocenters. The van der Waals surface area contributed by atoms with Gasteiger partial charge in [0.05, 0.1) is 6.21 Å². The van der Waals surface area contributed by atoms with Gasteiger partial charge in [-0.25, -0.2) is 5.43 Å². The van der Waals surface area contributed by atoms with Crippen LogP contribution < -0.4 is 15.5 Å². The minimum atomic E-state index is -0.798. The van der Waals surface area contributed by atoms with Gasteiger partial charge in [0.25, 0.3) is 0 Å². The summed E-state index contributed by atoms with van der Waals surface area (Å²) < 4.78 is 5.70. The predicted octanol–water partition coefficient (Wildman–Crippen LogP) is 3.28. The van der Waals surface area contributed by atoms with Crippen LogP contribution in [-0.2, 0) is 16.2 Å². The average molecular weight is 388 g/mol. The summed E-state index contributed by atoms with van der Waals surface area (Å²) in [6, 6.07) is 14.6. The second-order valence-electron chi connectivity index (χ2n) is 5.97. The van der Waals surface area contributed by atoms with Crippen molar-refractivity contribution in [2.45, 2.75) is 32.9 Å². The number of halogens is 1. The largest absolute Gasteiger partial charge is 0.489 e. The zero-order chi connectivity index (χ0) is 19.6. The maximum Gasteiger partial charge on any atom is 0.329 e. The lowest BCUT2D eigenvalue weighted by molar-refractivity contribution is -0.139. The molecule has 0 radical (unpaired) electrons. The predicted molar refractivity (Wildman–Crippen MR) is 106 cm³/mol. The van der Waals surface area contributed by atoms with Gasteiger partial charge in [-0.15, -0.1) is 0 Å². The minimum Gasteiger partial charge on any atom is -0.489 e. The molecule has 1 atom stereocenters. The first-order valence-corrected chi connectivity index (χ1v) is 8.97. The standard InChI is InChI=1S/C20H22ClN3O3/c1-3-14(2)23-19(25)20(26)24-22-12-15-7-9-18(10-8-15)27-13-16-5-4-6-17(21)11-16/h4-12,14H,3,13H2,1-2H3,(H,23,25)(H,24,26)/b22-12-/t14-/m1/s1. The molecule has 27 heavy (non-hydrogen) atoms. The Labute approximate surface area is 163 Å². The summed E-state index contributed by atoms with van der Waals surface area (Å²) >= 11 is 5.94. The lowest BCUT2D eigenvalue weighted by atomic mass is 10.2. The summed E-state index contributed by atoms with van der Waals surface area (Å²) in [5.41, 5.74) is 3.94.